The Labute approximate surface area is 37.4 Å². The van der Waals surface area contributed by atoms with Crippen LogP contribution in [-0.4, -0.2) is 0 Å². The molecule has 0 saturated carbocycles. The third kappa shape index (κ3) is 328. The van der Waals surface area contributed by atoms with Gasteiger partial charge in [-0.25, -0.2) is 0 Å². The monoisotopic (exact) mass is 137 g/mol. The van der Waals surface area contributed by atoms with Gasteiger partial charge in [0.1, 0.15) is 0 Å². The molecule has 7 heavy (non-hydrogen) atoms. The summed E-state index contributed by atoms with van der Waals surface area (Å²) in [4.78, 5) is 0. The molecule has 7 heteroatoms. The van der Waals surface area contributed by atoms with Gasteiger partial charge in [0.05, 0.1) is 0 Å². The van der Waals surface area contributed by atoms with Crippen molar-refractivity contribution in [1.29, 1.82) is 0 Å². The minimum atomic E-state index is 0. The molecule has 0 aromatic rings. The highest BCUT2D eigenvalue weighted by atomic mass is 19.0. The van der Waals surface area contributed by atoms with Crippen LogP contribution in [0.1, 0.15) is 1.43 Å². The molecule has 0 heterocycles. The highest BCUT2D eigenvalue weighted by Crippen LogP contribution is 0.424. The normalized spacial score (nSPS) is 0. The molecule has 0 aliphatic heterocycles. The molecule has 0 rings (SSSR count). The van der Waals surface area contributed by atoms with Gasteiger partial charge >= 0.3 is 1.43 Å². The van der Waals surface area contributed by atoms with E-state index in [2.05, 4.69) is 0 Å². The molecule has 0 aromatic heterocycles. The fourth-order valence-corrected chi connectivity index (χ4v) is 0. The molecule has 56 valence electrons. The molecule has 0 aliphatic carbocycles. The Balaban J connectivity index is 0. The van der Waals surface area contributed by atoms with Gasteiger partial charge in [0.2, 0.25) is 0 Å². The Hall–Kier alpha value is -0.460. The fourth-order valence-electron chi connectivity index (χ4n) is 0. The van der Waals surface area contributed by atoms with Crippen molar-refractivity contribution in [3.63, 3.8) is 0 Å². The molecule has 1 nitrogen and oxygen atoms in total. The fraction of sp³-hybridized carbons (Fsp3) is 0. The lowest BCUT2D eigenvalue weighted by Gasteiger charge is -1.00. The van der Waals surface area contributed by atoms with E-state index >= 15 is 0 Å². The second-order valence-electron chi connectivity index (χ2n) is 0. The predicted octanol–water partition coefficient (Wildman–Crippen LogP) is -1.96. The third-order valence-corrected chi connectivity index (χ3v) is 0. The van der Waals surface area contributed by atoms with E-state index in [0.717, 1.165) is 0 Å². The van der Waals surface area contributed by atoms with Gasteiger partial charge in [-0.3, -0.25) is 23.5 Å². The van der Waals surface area contributed by atoms with Gasteiger partial charge in [0, 0.05) is 0 Å². The summed E-state index contributed by atoms with van der Waals surface area (Å²) in [5.41, 5.74) is 0. The second-order valence-corrected chi connectivity index (χ2v) is 0. The zero-order chi connectivity index (χ0) is 0. The first kappa shape index (κ1) is 949. The van der Waals surface area contributed by atoms with Crippen LogP contribution in [0.2, 0.25) is 0 Å². The molecular weight excluding hydrogens is 128 g/mol. The van der Waals surface area contributed by atoms with Crippen molar-refractivity contribution in [3.8, 4) is 0 Å². The maximum absolute atomic E-state index is 0. The average molecular weight is 137 g/mol. The lowest BCUT2D eigenvalue weighted by atomic mass is 14.0. The minimum Gasteiger partial charge on any atom is -1.00 e. The lowest BCUT2D eigenvalue weighted by molar-refractivity contribution is -0.00000496. The van der Waals surface area contributed by atoms with Crippen LogP contribution < -0.4 is 10.9 Å². The Morgan fingerprint density at radius 3 is 0.571 bits per heavy atom. The topological polar surface area (TPSA) is 35.0 Å². The van der Waals surface area contributed by atoms with E-state index in [0.29, 0.717) is 0 Å². The van der Waals surface area contributed by atoms with Crippen molar-refractivity contribution in [1.82, 2.24) is 6.15 Å². The second kappa shape index (κ2) is 540. The summed E-state index contributed by atoms with van der Waals surface area (Å²) >= 11 is 0. The number of hydrogen-bond donors (Lipinski definition) is 1. The highest BCUT2D eigenvalue weighted by molar-refractivity contribution is 2.13. The Kier molecular flexibility index (Phi) is 73100. The van der Waals surface area contributed by atoms with E-state index in [1.807, 2.05) is 0 Å². The van der Waals surface area contributed by atoms with Crippen LogP contribution in [0, 0.1) is 0 Å². The number of halogens is 6. The summed E-state index contributed by atoms with van der Waals surface area (Å²) in [5.74, 6) is 0. The molecule has 0 bridgehead atoms. The van der Waals surface area contributed by atoms with Crippen LogP contribution in [0.5, 0.6) is 0 Å². The standard InChI is InChI=1S/6FH.H3N/h6*1H;1H3. The van der Waals surface area contributed by atoms with Crippen LogP contribution in [0.4, 0.5) is 23.5 Å². The molecule has 3 N–H and O–H groups in total. The Morgan fingerprint density at radius 1 is 0.571 bits per heavy atom. The first-order valence-corrected chi connectivity index (χ1v) is 0. The van der Waals surface area contributed by atoms with Crippen molar-refractivity contribution >= 4 is 0 Å². The molecule has 0 aromatic carbocycles. The van der Waals surface area contributed by atoms with Gasteiger partial charge in [0.25, 0.3) is 0 Å². The minimum absolute atomic E-state index is 0. The maximum atomic E-state index is 0. The molecule has 0 radical (unpaired) electrons. The molecule has 0 fully saturated rings. The summed E-state index contributed by atoms with van der Waals surface area (Å²) < 4.78 is 0. The van der Waals surface area contributed by atoms with E-state index in [4.69, 9.17) is 0 Å². The molecule has 0 atom stereocenters. The first-order chi connectivity index (χ1) is 0. The summed E-state index contributed by atoms with van der Waals surface area (Å²) in [6.07, 6.45) is 0. The van der Waals surface area contributed by atoms with Gasteiger partial charge in [-0.15, -0.1) is 0 Å². The van der Waals surface area contributed by atoms with E-state index in [1.54, 1.807) is 0 Å². The van der Waals surface area contributed by atoms with Crippen molar-refractivity contribution < 1.29 is 29.7 Å². The molecule has 0 amide bonds. The summed E-state index contributed by atoms with van der Waals surface area (Å²) in [5, 5.41) is 0. The van der Waals surface area contributed by atoms with Gasteiger partial charge in [-0.1, -0.05) is 0 Å². The molecule has 0 spiro atoms. The molecular formula is H9F6N. The van der Waals surface area contributed by atoms with Gasteiger partial charge in [-0.2, -0.15) is 0 Å². The van der Waals surface area contributed by atoms with E-state index in [-0.39, 0.29) is 35.8 Å². The molecule has 0 aliphatic rings. The Morgan fingerprint density at radius 2 is 0.571 bits per heavy atom. The third-order valence-electron chi connectivity index (χ3n) is 0. The van der Waals surface area contributed by atoms with Crippen molar-refractivity contribution in [2.24, 2.45) is 0 Å². The lowest BCUT2D eigenvalue weighted by Crippen LogP contribution is -3.00. The van der Waals surface area contributed by atoms with Crippen LogP contribution in [0.25, 0.3) is 0 Å². The van der Waals surface area contributed by atoms with Crippen molar-refractivity contribution in [3.05, 3.63) is 0 Å². The van der Waals surface area contributed by atoms with Crippen LogP contribution in [0.15, 0.2) is 0 Å². The smallest absolute Gasteiger partial charge is 1.00 e. The highest BCUT2D eigenvalue weighted by Gasteiger charge is -0.265. The number of rotatable bonds is 0. The molecule has 0 unspecified atom stereocenters. The zero-order valence-corrected chi connectivity index (χ0v) is 3.13. The van der Waals surface area contributed by atoms with Crippen LogP contribution in [0.3, 0.4) is 0 Å². The van der Waals surface area contributed by atoms with E-state index < -0.39 is 0 Å². The van der Waals surface area contributed by atoms with Gasteiger partial charge in [-0.05, 0) is 0 Å². The number of hydrogen-bond acceptors (Lipinski definition) is 1. The zero-order valence-electron chi connectivity index (χ0n) is 4.13. The van der Waals surface area contributed by atoms with Crippen LogP contribution in [-0.2, 0) is 0 Å². The largest absolute Gasteiger partial charge is 1.00 e. The van der Waals surface area contributed by atoms with Gasteiger partial charge < -0.3 is 10.9 Å². The van der Waals surface area contributed by atoms with Crippen molar-refractivity contribution in [2.75, 3.05) is 0 Å². The Bertz CT molecular complexity index is 8.49. The summed E-state index contributed by atoms with van der Waals surface area (Å²) in [7, 11) is 0. The quantitative estimate of drug-likeness (QED) is 0.386. The van der Waals surface area contributed by atoms with E-state index in [9.17, 15) is 0 Å². The predicted molar refractivity (Wildman–Crippen MR) is 18.6 cm³/mol. The summed E-state index contributed by atoms with van der Waals surface area (Å²) in [6.45, 7) is 0. The average Bonchev–Trinajstić information content (AvgIpc) is 0. The van der Waals surface area contributed by atoms with E-state index in [1.165, 1.54) is 0 Å². The SMILES string of the molecule is F.F.F.F.F.N.[F-].[H+]. The maximum Gasteiger partial charge on any atom is 1.00 e. The van der Waals surface area contributed by atoms with Crippen molar-refractivity contribution in [2.45, 2.75) is 0 Å². The summed E-state index contributed by atoms with van der Waals surface area (Å²) in [6, 6.07) is 0. The van der Waals surface area contributed by atoms with Gasteiger partial charge in [0.15, 0.2) is 0 Å². The van der Waals surface area contributed by atoms with Crippen LogP contribution >= 0.6 is 0 Å². The molecule has 0 saturated heterocycles. The first-order valence-electron chi connectivity index (χ1n) is 0.